The molecule has 6 nitrogen and oxygen atoms in total. The van der Waals surface area contributed by atoms with Crippen LogP contribution in [0.3, 0.4) is 0 Å². The molecule has 2 N–H and O–H groups in total. The van der Waals surface area contributed by atoms with E-state index in [-0.39, 0.29) is 22.1 Å². The molecule has 0 saturated heterocycles. The molecular formula is C21H15Cl2FN4O2S. The van der Waals surface area contributed by atoms with E-state index in [1.807, 2.05) is 0 Å². The standard InChI is InChI=1S/C21H15Cl2FN4O2S/c1-12-10-13(24)6-9-19(12)31(29,30)28-21-20(25-14-7-8-15(22)16(23)11-14)26-17-4-2-3-5-18(17)27-21/h2-11H,1H3,(H,25,26)(H,27,28). The molecule has 0 radical (unpaired) electrons. The first-order valence-electron chi connectivity index (χ1n) is 9.01. The van der Waals surface area contributed by atoms with Gasteiger partial charge in [0.15, 0.2) is 11.6 Å². The highest BCUT2D eigenvalue weighted by atomic mass is 35.5. The highest BCUT2D eigenvalue weighted by Crippen LogP contribution is 2.30. The number of para-hydroxylation sites is 2. The van der Waals surface area contributed by atoms with Gasteiger partial charge in [0.05, 0.1) is 26.0 Å². The number of nitrogens with one attached hydrogen (secondary N) is 2. The molecule has 0 unspecified atom stereocenters. The number of rotatable bonds is 5. The summed E-state index contributed by atoms with van der Waals surface area (Å²) in [5.74, 6) is -0.377. The number of hydrogen-bond acceptors (Lipinski definition) is 5. The molecule has 4 aromatic rings. The Bertz CT molecular complexity index is 1410. The lowest BCUT2D eigenvalue weighted by atomic mass is 10.2. The Hall–Kier alpha value is -2.94. The molecule has 158 valence electrons. The number of aryl methyl sites for hydroxylation is 1. The van der Waals surface area contributed by atoms with Crippen molar-refractivity contribution in [1.82, 2.24) is 9.97 Å². The largest absolute Gasteiger partial charge is 0.337 e. The van der Waals surface area contributed by atoms with E-state index in [1.54, 1.807) is 42.5 Å². The van der Waals surface area contributed by atoms with Gasteiger partial charge in [-0.2, -0.15) is 0 Å². The van der Waals surface area contributed by atoms with Crippen LogP contribution in [0.15, 0.2) is 65.6 Å². The van der Waals surface area contributed by atoms with E-state index >= 15 is 0 Å². The van der Waals surface area contributed by atoms with Gasteiger partial charge < -0.3 is 5.32 Å². The monoisotopic (exact) mass is 476 g/mol. The van der Waals surface area contributed by atoms with E-state index in [2.05, 4.69) is 20.0 Å². The third-order valence-electron chi connectivity index (χ3n) is 4.41. The summed E-state index contributed by atoms with van der Waals surface area (Å²) in [6.45, 7) is 1.51. The number of fused-ring (bicyclic) bond motifs is 1. The van der Waals surface area contributed by atoms with Gasteiger partial charge in [0.1, 0.15) is 5.82 Å². The Labute approximate surface area is 188 Å². The van der Waals surface area contributed by atoms with Gasteiger partial charge in [-0.15, -0.1) is 0 Å². The molecule has 0 atom stereocenters. The minimum Gasteiger partial charge on any atom is -0.337 e. The SMILES string of the molecule is Cc1cc(F)ccc1S(=O)(=O)Nc1nc2ccccc2nc1Nc1ccc(Cl)c(Cl)c1. The van der Waals surface area contributed by atoms with Crippen LogP contribution in [-0.4, -0.2) is 18.4 Å². The fraction of sp³-hybridized carbons (Fsp3) is 0.0476. The number of aromatic nitrogens is 2. The molecule has 0 bridgehead atoms. The van der Waals surface area contributed by atoms with Crippen LogP contribution in [0.1, 0.15) is 5.56 Å². The maximum absolute atomic E-state index is 13.4. The molecule has 0 fully saturated rings. The number of sulfonamides is 1. The first-order chi connectivity index (χ1) is 14.7. The van der Waals surface area contributed by atoms with Crippen LogP contribution >= 0.6 is 23.2 Å². The summed E-state index contributed by atoms with van der Waals surface area (Å²) >= 11 is 12.0. The van der Waals surface area contributed by atoms with E-state index in [1.165, 1.54) is 13.0 Å². The first-order valence-corrected chi connectivity index (χ1v) is 11.2. The van der Waals surface area contributed by atoms with Gasteiger partial charge >= 0.3 is 0 Å². The summed E-state index contributed by atoms with van der Waals surface area (Å²) in [6, 6.07) is 15.3. The summed E-state index contributed by atoms with van der Waals surface area (Å²) in [7, 11) is -4.07. The van der Waals surface area contributed by atoms with Crippen LogP contribution in [0, 0.1) is 12.7 Å². The van der Waals surface area contributed by atoms with Gasteiger partial charge in [-0.1, -0.05) is 35.3 Å². The highest BCUT2D eigenvalue weighted by molar-refractivity contribution is 7.92. The smallest absolute Gasteiger partial charge is 0.263 e. The lowest BCUT2D eigenvalue weighted by Crippen LogP contribution is -2.17. The summed E-state index contributed by atoms with van der Waals surface area (Å²) < 4.78 is 41.9. The second kappa shape index (κ2) is 8.30. The zero-order valence-electron chi connectivity index (χ0n) is 16.0. The number of benzene rings is 3. The molecule has 1 aromatic heterocycles. The molecule has 3 aromatic carbocycles. The van der Waals surface area contributed by atoms with Gasteiger partial charge in [-0.25, -0.2) is 22.8 Å². The third-order valence-corrected chi connectivity index (χ3v) is 6.65. The summed E-state index contributed by atoms with van der Waals surface area (Å²) in [6.07, 6.45) is 0. The van der Waals surface area contributed by atoms with E-state index in [9.17, 15) is 12.8 Å². The average molecular weight is 477 g/mol. The molecule has 0 saturated carbocycles. The number of hydrogen-bond donors (Lipinski definition) is 2. The van der Waals surface area contributed by atoms with Crippen LogP contribution in [0.4, 0.5) is 21.7 Å². The Morgan fingerprint density at radius 1 is 0.871 bits per heavy atom. The number of anilines is 3. The van der Waals surface area contributed by atoms with Crippen LogP contribution < -0.4 is 10.0 Å². The molecule has 0 aliphatic heterocycles. The average Bonchev–Trinajstić information content (AvgIpc) is 2.70. The van der Waals surface area contributed by atoms with Crippen LogP contribution in [0.5, 0.6) is 0 Å². The van der Waals surface area contributed by atoms with Crippen molar-refractivity contribution >= 4 is 61.6 Å². The van der Waals surface area contributed by atoms with E-state index in [4.69, 9.17) is 23.2 Å². The molecule has 4 rings (SSSR count). The van der Waals surface area contributed by atoms with Gasteiger partial charge in [-0.05, 0) is 61.0 Å². The minimum atomic E-state index is -4.07. The molecule has 0 aliphatic rings. The maximum Gasteiger partial charge on any atom is 0.263 e. The topological polar surface area (TPSA) is 84.0 Å². The molecule has 0 aliphatic carbocycles. The van der Waals surface area contributed by atoms with Crippen molar-refractivity contribution in [3.63, 3.8) is 0 Å². The first kappa shape index (κ1) is 21.3. The van der Waals surface area contributed by atoms with E-state index < -0.39 is 15.8 Å². The second-order valence-corrected chi connectivity index (χ2v) is 9.14. The molecule has 0 amide bonds. The quantitative estimate of drug-likeness (QED) is 0.372. The van der Waals surface area contributed by atoms with Gasteiger partial charge in [-0.3, -0.25) is 4.72 Å². The van der Waals surface area contributed by atoms with Gasteiger partial charge in [0, 0.05) is 5.69 Å². The number of halogens is 3. The van der Waals surface area contributed by atoms with Crippen LogP contribution in [0.25, 0.3) is 11.0 Å². The van der Waals surface area contributed by atoms with Crippen molar-refractivity contribution in [3.8, 4) is 0 Å². The normalized spacial score (nSPS) is 11.5. The summed E-state index contributed by atoms with van der Waals surface area (Å²) in [5, 5.41) is 3.73. The third kappa shape index (κ3) is 4.56. The molecular weight excluding hydrogens is 462 g/mol. The Kier molecular flexibility index (Phi) is 5.70. The summed E-state index contributed by atoms with van der Waals surface area (Å²) in [4.78, 5) is 8.86. The molecule has 10 heteroatoms. The zero-order chi connectivity index (χ0) is 22.2. The van der Waals surface area contributed by atoms with Crippen molar-refractivity contribution in [1.29, 1.82) is 0 Å². The van der Waals surface area contributed by atoms with Crippen molar-refractivity contribution < 1.29 is 12.8 Å². The van der Waals surface area contributed by atoms with Crippen molar-refractivity contribution in [2.24, 2.45) is 0 Å². The fourth-order valence-electron chi connectivity index (χ4n) is 2.97. The predicted molar refractivity (Wildman–Crippen MR) is 121 cm³/mol. The molecule has 1 heterocycles. The van der Waals surface area contributed by atoms with Crippen LogP contribution in [-0.2, 0) is 10.0 Å². The van der Waals surface area contributed by atoms with Crippen molar-refractivity contribution in [2.75, 3.05) is 10.0 Å². The Morgan fingerprint density at radius 3 is 2.19 bits per heavy atom. The molecule has 31 heavy (non-hydrogen) atoms. The Morgan fingerprint density at radius 2 is 1.55 bits per heavy atom. The predicted octanol–water partition coefficient (Wildman–Crippen LogP) is 5.93. The lowest BCUT2D eigenvalue weighted by molar-refractivity contribution is 0.598. The summed E-state index contributed by atoms with van der Waals surface area (Å²) in [5.41, 5.74) is 1.86. The molecule has 0 spiro atoms. The van der Waals surface area contributed by atoms with Crippen molar-refractivity contribution in [3.05, 3.63) is 82.1 Å². The Balaban J connectivity index is 1.79. The number of nitrogens with zero attached hydrogens (tertiary/aromatic N) is 2. The fourth-order valence-corrected chi connectivity index (χ4v) is 4.50. The van der Waals surface area contributed by atoms with Gasteiger partial charge in [0.2, 0.25) is 0 Å². The van der Waals surface area contributed by atoms with E-state index in [0.29, 0.717) is 26.8 Å². The van der Waals surface area contributed by atoms with E-state index in [0.717, 1.165) is 12.1 Å². The lowest BCUT2D eigenvalue weighted by Gasteiger charge is -2.15. The minimum absolute atomic E-state index is 0.0199. The zero-order valence-corrected chi connectivity index (χ0v) is 18.4. The van der Waals surface area contributed by atoms with Gasteiger partial charge in [0.25, 0.3) is 10.0 Å². The van der Waals surface area contributed by atoms with Crippen LogP contribution in [0.2, 0.25) is 10.0 Å². The maximum atomic E-state index is 13.4. The highest BCUT2D eigenvalue weighted by Gasteiger charge is 2.21. The second-order valence-electron chi connectivity index (χ2n) is 6.68. The van der Waals surface area contributed by atoms with Crippen molar-refractivity contribution in [2.45, 2.75) is 11.8 Å².